The molecule has 0 amide bonds. The maximum Gasteiger partial charge on any atom is 0.183 e. The predicted molar refractivity (Wildman–Crippen MR) is 39.1 cm³/mol. The van der Waals surface area contributed by atoms with Crippen molar-refractivity contribution in [3.8, 4) is 0 Å². The molecule has 3 unspecified atom stereocenters. The summed E-state index contributed by atoms with van der Waals surface area (Å²) in [4.78, 5) is 0. The standard InChI is InChI=1S/C7H14O5/c1-3-4(2-8)12-7(11)6(10)5(3)9/h3-11H,2H2,1H3/t3-,4?,5?,6?,7+/m0/s1. The number of hydrogen-bond donors (Lipinski definition) is 4. The van der Waals surface area contributed by atoms with E-state index in [0.29, 0.717) is 0 Å². The minimum Gasteiger partial charge on any atom is -0.394 e. The lowest BCUT2D eigenvalue weighted by Crippen LogP contribution is -2.54. The molecule has 72 valence electrons. The van der Waals surface area contributed by atoms with E-state index in [1.54, 1.807) is 6.92 Å². The van der Waals surface area contributed by atoms with Crippen LogP contribution in [-0.4, -0.2) is 51.6 Å². The molecular formula is C7H14O5. The van der Waals surface area contributed by atoms with Gasteiger partial charge in [-0.2, -0.15) is 0 Å². The van der Waals surface area contributed by atoms with Crippen LogP contribution >= 0.6 is 0 Å². The first-order valence-electron chi connectivity index (χ1n) is 3.88. The van der Waals surface area contributed by atoms with E-state index < -0.39 is 24.6 Å². The quantitative estimate of drug-likeness (QED) is 0.375. The second-order valence-electron chi connectivity index (χ2n) is 3.09. The van der Waals surface area contributed by atoms with Gasteiger partial charge in [0.1, 0.15) is 6.10 Å². The smallest absolute Gasteiger partial charge is 0.183 e. The maximum atomic E-state index is 9.32. The van der Waals surface area contributed by atoms with E-state index in [-0.39, 0.29) is 12.5 Å². The van der Waals surface area contributed by atoms with E-state index in [2.05, 4.69) is 0 Å². The number of ether oxygens (including phenoxy) is 1. The van der Waals surface area contributed by atoms with Gasteiger partial charge in [-0.3, -0.25) is 0 Å². The summed E-state index contributed by atoms with van der Waals surface area (Å²) in [7, 11) is 0. The van der Waals surface area contributed by atoms with Crippen molar-refractivity contribution >= 4 is 0 Å². The van der Waals surface area contributed by atoms with Crippen molar-refractivity contribution < 1.29 is 25.2 Å². The summed E-state index contributed by atoms with van der Waals surface area (Å²) in [6, 6.07) is 0. The molecule has 12 heavy (non-hydrogen) atoms. The Morgan fingerprint density at radius 2 is 1.75 bits per heavy atom. The summed E-state index contributed by atoms with van der Waals surface area (Å²) in [5.41, 5.74) is 0. The zero-order chi connectivity index (χ0) is 9.30. The van der Waals surface area contributed by atoms with Crippen molar-refractivity contribution in [2.45, 2.75) is 31.5 Å². The highest BCUT2D eigenvalue weighted by molar-refractivity contribution is 4.85. The van der Waals surface area contributed by atoms with E-state index in [0.717, 1.165) is 0 Å². The van der Waals surface area contributed by atoms with E-state index in [1.165, 1.54) is 0 Å². The van der Waals surface area contributed by atoms with Gasteiger partial charge in [0.05, 0.1) is 18.8 Å². The minimum atomic E-state index is -1.41. The van der Waals surface area contributed by atoms with Crippen molar-refractivity contribution in [2.24, 2.45) is 5.92 Å². The van der Waals surface area contributed by atoms with Gasteiger partial charge >= 0.3 is 0 Å². The fourth-order valence-corrected chi connectivity index (χ4v) is 1.29. The van der Waals surface area contributed by atoms with Gasteiger partial charge in [0.2, 0.25) is 0 Å². The van der Waals surface area contributed by atoms with Gasteiger partial charge in [0.25, 0.3) is 0 Å². The van der Waals surface area contributed by atoms with Gasteiger partial charge in [-0.25, -0.2) is 0 Å². The van der Waals surface area contributed by atoms with Gasteiger partial charge < -0.3 is 25.2 Å². The molecule has 5 heteroatoms. The Balaban J connectivity index is 2.63. The topological polar surface area (TPSA) is 90.2 Å². The van der Waals surface area contributed by atoms with Crippen LogP contribution in [0.15, 0.2) is 0 Å². The lowest BCUT2D eigenvalue weighted by Gasteiger charge is -2.38. The zero-order valence-corrected chi connectivity index (χ0v) is 6.79. The Hall–Kier alpha value is -0.200. The normalized spacial score (nSPS) is 49.2. The molecule has 0 aromatic carbocycles. The lowest BCUT2D eigenvalue weighted by atomic mass is 9.91. The summed E-state index contributed by atoms with van der Waals surface area (Å²) < 4.78 is 4.83. The summed E-state index contributed by atoms with van der Waals surface area (Å²) in [5.74, 6) is -0.381. The highest BCUT2D eigenvalue weighted by atomic mass is 16.6. The summed E-state index contributed by atoms with van der Waals surface area (Å²) in [6.07, 6.45) is -4.36. The Morgan fingerprint density at radius 3 is 2.25 bits per heavy atom. The molecule has 4 N–H and O–H groups in total. The molecule has 0 radical (unpaired) electrons. The SMILES string of the molecule is C[C@H]1C(CO)O[C@@H](O)C(O)C1O. The summed E-state index contributed by atoms with van der Waals surface area (Å²) >= 11 is 0. The minimum absolute atomic E-state index is 0.276. The summed E-state index contributed by atoms with van der Waals surface area (Å²) in [6.45, 7) is 1.36. The van der Waals surface area contributed by atoms with Gasteiger partial charge in [-0.1, -0.05) is 6.92 Å². The second kappa shape index (κ2) is 3.68. The second-order valence-corrected chi connectivity index (χ2v) is 3.09. The summed E-state index contributed by atoms with van der Waals surface area (Å²) in [5, 5.41) is 36.2. The third-order valence-electron chi connectivity index (χ3n) is 2.26. The van der Waals surface area contributed by atoms with E-state index in [4.69, 9.17) is 20.1 Å². The molecule has 0 spiro atoms. The van der Waals surface area contributed by atoms with E-state index in [9.17, 15) is 5.11 Å². The fourth-order valence-electron chi connectivity index (χ4n) is 1.29. The molecule has 0 aromatic heterocycles. The molecule has 1 saturated heterocycles. The van der Waals surface area contributed by atoms with Crippen LogP contribution in [0.3, 0.4) is 0 Å². The largest absolute Gasteiger partial charge is 0.394 e. The van der Waals surface area contributed by atoms with Crippen molar-refractivity contribution in [1.29, 1.82) is 0 Å². The van der Waals surface area contributed by atoms with Crippen molar-refractivity contribution in [3.05, 3.63) is 0 Å². The van der Waals surface area contributed by atoms with E-state index in [1.807, 2.05) is 0 Å². The zero-order valence-electron chi connectivity index (χ0n) is 6.79. The number of aliphatic hydroxyl groups is 4. The molecule has 0 aromatic rings. The van der Waals surface area contributed by atoms with Crippen molar-refractivity contribution in [2.75, 3.05) is 6.61 Å². The molecule has 5 nitrogen and oxygen atoms in total. The highest BCUT2D eigenvalue weighted by Gasteiger charge is 2.40. The first-order chi connectivity index (χ1) is 5.57. The fraction of sp³-hybridized carbons (Fsp3) is 1.00. The van der Waals surface area contributed by atoms with Crippen LogP contribution in [0.25, 0.3) is 0 Å². The molecule has 0 saturated carbocycles. The monoisotopic (exact) mass is 178 g/mol. The number of aliphatic hydroxyl groups excluding tert-OH is 4. The molecule has 1 fully saturated rings. The maximum absolute atomic E-state index is 9.32. The number of hydrogen-bond acceptors (Lipinski definition) is 5. The first kappa shape index (κ1) is 9.88. The van der Waals surface area contributed by atoms with E-state index >= 15 is 0 Å². The van der Waals surface area contributed by atoms with Crippen LogP contribution in [0.2, 0.25) is 0 Å². The highest BCUT2D eigenvalue weighted by Crippen LogP contribution is 2.24. The molecule has 1 aliphatic heterocycles. The Kier molecular flexibility index (Phi) is 3.03. The number of rotatable bonds is 1. The third kappa shape index (κ3) is 1.60. The Morgan fingerprint density at radius 1 is 1.17 bits per heavy atom. The Labute approximate surface area is 70.2 Å². The third-order valence-corrected chi connectivity index (χ3v) is 2.26. The molecule has 0 aliphatic carbocycles. The van der Waals surface area contributed by atoms with Gasteiger partial charge in [0.15, 0.2) is 6.29 Å². The van der Waals surface area contributed by atoms with Crippen LogP contribution in [0.1, 0.15) is 6.92 Å². The van der Waals surface area contributed by atoms with Gasteiger partial charge in [-0.15, -0.1) is 0 Å². The van der Waals surface area contributed by atoms with Crippen LogP contribution < -0.4 is 0 Å². The molecule has 1 aliphatic rings. The van der Waals surface area contributed by atoms with Crippen molar-refractivity contribution in [3.63, 3.8) is 0 Å². The molecular weight excluding hydrogens is 164 g/mol. The average Bonchev–Trinajstić information content (AvgIpc) is 2.08. The van der Waals surface area contributed by atoms with Crippen LogP contribution in [0.5, 0.6) is 0 Å². The van der Waals surface area contributed by atoms with Gasteiger partial charge in [0, 0.05) is 5.92 Å². The Bertz CT molecular complexity index is 146. The van der Waals surface area contributed by atoms with Crippen LogP contribution in [0.4, 0.5) is 0 Å². The van der Waals surface area contributed by atoms with Crippen LogP contribution in [0, 0.1) is 5.92 Å². The van der Waals surface area contributed by atoms with Gasteiger partial charge in [-0.05, 0) is 0 Å². The van der Waals surface area contributed by atoms with Crippen LogP contribution in [-0.2, 0) is 4.74 Å². The first-order valence-corrected chi connectivity index (χ1v) is 3.88. The predicted octanol–water partition coefficient (Wildman–Crippen LogP) is -1.95. The molecule has 5 atom stereocenters. The lowest BCUT2D eigenvalue weighted by molar-refractivity contribution is -0.271. The molecule has 1 rings (SSSR count). The van der Waals surface area contributed by atoms with Crippen molar-refractivity contribution in [1.82, 2.24) is 0 Å². The average molecular weight is 178 g/mol. The molecule has 0 bridgehead atoms. The molecule has 1 heterocycles.